The number of aryl methyl sites for hydroxylation is 1. The number of hydrogen-bond donors (Lipinski definition) is 0. The molecule has 1 heteroatoms. The van der Waals surface area contributed by atoms with Crippen LogP contribution in [0.4, 0.5) is 0 Å². The topological polar surface area (TPSA) is 9.23 Å². The smallest absolute Gasteiger partial charge is 0.122 e. The highest BCUT2D eigenvalue weighted by Crippen LogP contribution is 2.63. The van der Waals surface area contributed by atoms with Crippen LogP contribution in [0, 0.1) is 23.2 Å². The van der Waals surface area contributed by atoms with Crippen LogP contribution in [0.3, 0.4) is 0 Å². The first-order valence-corrected chi connectivity index (χ1v) is 10.2. The third kappa shape index (κ3) is 2.26. The van der Waals surface area contributed by atoms with Gasteiger partial charge in [0, 0.05) is 0 Å². The van der Waals surface area contributed by atoms with Gasteiger partial charge in [0.05, 0.1) is 7.11 Å². The quantitative estimate of drug-likeness (QED) is 0.618. The summed E-state index contributed by atoms with van der Waals surface area (Å²) in [5.74, 6) is 5.26. The van der Waals surface area contributed by atoms with Crippen molar-refractivity contribution in [2.75, 3.05) is 7.11 Å². The van der Waals surface area contributed by atoms with Gasteiger partial charge in [0.2, 0.25) is 0 Å². The number of hydrogen-bond acceptors (Lipinski definition) is 1. The van der Waals surface area contributed by atoms with Crippen LogP contribution in [0.5, 0.6) is 5.75 Å². The maximum absolute atomic E-state index is 5.71. The van der Waals surface area contributed by atoms with Crippen molar-refractivity contribution >= 4 is 0 Å². The number of benzene rings is 1. The van der Waals surface area contributed by atoms with Gasteiger partial charge in [0.25, 0.3) is 0 Å². The fraction of sp³-hybridized carbons (Fsp3) is 0.739. The van der Waals surface area contributed by atoms with E-state index < -0.39 is 0 Å². The van der Waals surface area contributed by atoms with E-state index >= 15 is 0 Å². The molecule has 1 aromatic rings. The second kappa shape index (κ2) is 5.78. The van der Waals surface area contributed by atoms with Crippen molar-refractivity contribution < 1.29 is 4.74 Å². The van der Waals surface area contributed by atoms with Gasteiger partial charge in [-0.2, -0.15) is 0 Å². The molecule has 0 bridgehead atoms. The van der Waals surface area contributed by atoms with E-state index in [4.69, 9.17) is 4.74 Å². The molecule has 0 amide bonds. The van der Waals surface area contributed by atoms with Gasteiger partial charge in [-0.25, -0.2) is 0 Å². The zero-order valence-corrected chi connectivity index (χ0v) is 16.2. The van der Waals surface area contributed by atoms with Gasteiger partial charge in [0.15, 0.2) is 0 Å². The van der Waals surface area contributed by atoms with Gasteiger partial charge in [-0.1, -0.05) is 33.8 Å². The minimum atomic E-state index is 0.533. The summed E-state index contributed by atoms with van der Waals surface area (Å²) >= 11 is 0. The Bertz CT molecular complexity index is 631. The van der Waals surface area contributed by atoms with E-state index in [0.29, 0.717) is 11.3 Å². The fourth-order valence-electron chi connectivity index (χ4n) is 6.51. The normalized spacial score (nSPS) is 37.8. The molecule has 0 aromatic heterocycles. The largest absolute Gasteiger partial charge is 0.496 e. The molecule has 1 nitrogen and oxygen atoms in total. The average molecular weight is 327 g/mol. The van der Waals surface area contributed by atoms with E-state index in [1.807, 2.05) is 7.11 Å². The van der Waals surface area contributed by atoms with E-state index in [-0.39, 0.29) is 0 Å². The lowest BCUT2D eigenvalue weighted by atomic mass is 9.54. The van der Waals surface area contributed by atoms with Crippen LogP contribution in [0.25, 0.3) is 0 Å². The molecule has 0 spiro atoms. The van der Waals surface area contributed by atoms with Crippen LogP contribution in [0.1, 0.15) is 88.3 Å². The molecular weight excluding hydrogens is 292 g/mol. The van der Waals surface area contributed by atoms with Crippen molar-refractivity contribution in [1.29, 1.82) is 0 Å². The van der Waals surface area contributed by atoms with E-state index in [1.165, 1.54) is 44.1 Å². The Morgan fingerprint density at radius 3 is 2.62 bits per heavy atom. The zero-order chi connectivity index (χ0) is 17.1. The van der Waals surface area contributed by atoms with Crippen molar-refractivity contribution in [3.63, 3.8) is 0 Å². The summed E-state index contributed by atoms with van der Waals surface area (Å²) in [6.07, 6.45) is 8.42. The molecule has 4 rings (SSSR count). The maximum Gasteiger partial charge on any atom is 0.122 e. The molecule has 0 N–H and O–H groups in total. The van der Waals surface area contributed by atoms with E-state index in [0.717, 1.165) is 29.4 Å². The molecule has 24 heavy (non-hydrogen) atoms. The van der Waals surface area contributed by atoms with Crippen molar-refractivity contribution in [1.82, 2.24) is 0 Å². The van der Waals surface area contributed by atoms with Gasteiger partial charge in [-0.3, -0.25) is 0 Å². The summed E-state index contributed by atoms with van der Waals surface area (Å²) in [5.41, 5.74) is 5.28. The average Bonchev–Trinajstić information content (AvgIpc) is 2.88. The highest BCUT2D eigenvalue weighted by atomic mass is 16.5. The highest BCUT2D eigenvalue weighted by Gasteiger charge is 2.53. The molecule has 0 radical (unpaired) electrons. The molecule has 5 unspecified atom stereocenters. The Hall–Kier alpha value is -0.980. The maximum atomic E-state index is 5.71. The van der Waals surface area contributed by atoms with E-state index in [1.54, 1.807) is 11.1 Å². The summed E-state index contributed by atoms with van der Waals surface area (Å²) in [7, 11) is 1.82. The molecular formula is C23H34O. The monoisotopic (exact) mass is 326 g/mol. The van der Waals surface area contributed by atoms with E-state index in [9.17, 15) is 0 Å². The summed E-state index contributed by atoms with van der Waals surface area (Å²) in [6, 6.07) is 4.89. The van der Waals surface area contributed by atoms with Crippen molar-refractivity contribution in [3.8, 4) is 5.75 Å². The first-order valence-electron chi connectivity index (χ1n) is 10.2. The standard InChI is InChI=1S/C23H34O/c1-14(2)19-13-20-16(12-22(19)24-5)7-8-18-17(20)10-11-23(4)15(3)6-9-21(18)23/h12-15,17-18,21H,6-11H2,1-5H3. The zero-order valence-electron chi connectivity index (χ0n) is 16.2. The highest BCUT2D eigenvalue weighted by molar-refractivity contribution is 5.47. The van der Waals surface area contributed by atoms with Gasteiger partial charge in [-0.15, -0.1) is 0 Å². The predicted octanol–water partition coefficient (Wildman–Crippen LogP) is 6.31. The molecule has 5 atom stereocenters. The lowest BCUT2D eigenvalue weighted by Crippen LogP contribution is -2.41. The number of fused-ring (bicyclic) bond motifs is 5. The summed E-state index contributed by atoms with van der Waals surface area (Å²) in [5, 5.41) is 0. The summed E-state index contributed by atoms with van der Waals surface area (Å²) in [4.78, 5) is 0. The van der Waals surface area contributed by atoms with Gasteiger partial charge >= 0.3 is 0 Å². The van der Waals surface area contributed by atoms with E-state index in [2.05, 4.69) is 39.8 Å². The Morgan fingerprint density at radius 2 is 1.92 bits per heavy atom. The van der Waals surface area contributed by atoms with Gasteiger partial charge in [-0.05, 0) is 96.3 Å². The van der Waals surface area contributed by atoms with Crippen LogP contribution in [0.15, 0.2) is 12.1 Å². The SMILES string of the molecule is COc1cc2c(cc1C(C)C)C1CCC3(C)C(C)CCC3C1CC2. The molecule has 3 aliphatic rings. The minimum absolute atomic E-state index is 0.533. The number of methoxy groups -OCH3 is 1. The second-order valence-electron chi connectivity index (χ2n) is 9.39. The molecule has 0 aliphatic heterocycles. The number of ether oxygens (including phenoxy) is 1. The van der Waals surface area contributed by atoms with Crippen molar-refractivity contribution in [2.24, 2.45) is 23.2 Å². The van der Waals surface area contributed by atoms with Gasteiger partial charge < -0.3 is 4.74 Å². The molecule has 2 saturated carbocycles. The molecule has 1 aromatic carbocycles. The molecule has 2 fully saturated rings. The van der Waals surface area contributed by atoms with Crippen LogP contribution in [-0.4, -0.2) is 7.11 Å². The lowest BCUT2D eigenvalue weighted by Gasteiger charge is -2.50. The summed E-state index contributed by atoms with van der Waals surface area (Å²) < 4.78 is 5.71. The Kier molecular flexibility index (Phi) is 3.97. The third-order valence-corrected chi connectivity index (χ3v) is 8.17. The second-order valence-corrected chi connectivity index (χ2v) is 9.39. The first-order chi connectivity index (χ1) is 11.5. The Balaban J connectivity index is 1.73. The van der Waals surface area contributed by atoms with Gasteiger partial charge in [0.1, 0.15) is 5.75 Å². The Labute approximate surface area is 148 Å². The number of rotatable bonds is 2. The third-order valence-electron chi connectivity index (χ3n) is 8.17. The Morgan fingerprint density at radius 1 is 1.12 bits per heavy atom. The minimum Gasteiger partial charge on any atom is -0.496 e. The van der Waals surface area contributed by atoms with Crippen molar-refractivity contribution in [2.45, 2.75) is 78.1 Å². The fourth-order valence-corrected chi connectivity index (χ4v) is 6.51. The van der Waals surface area contributed by atoms with Crippen LogP contribution in [0.2, 0.25) is 0 Å². The van der Waals surface area contributed by atoms with Crippen LogP contribution < -0.4 is 4.74 Å². The predicted molar refractivity (Wildman–Crippen MR) is 101 cm³/mol. The molecule has 132 valence electrons. The van der Waals surface area contributed by atoms with Crippen molar-refractivity contribution in [3.05, 3.63) is 28.8 Å². The molecule has 0 saturated heterocycles. The molecule has 3 aliphatic carbocycles. The summed E-state index contributed by atoms with van der Waals surface area (Å²) in [6.45, 7) is 9.70. The lowest BCUT2D eigenvalue weighted by molar-refractivity contribution is 0.0336. The first kappa shape index (κ1) is 16.5. The van der Waals surface area contributed by atoms with Crippen LogP contribution in [-0.2, 0) is 6.42 Å². The molecule has 0 heterocycles. The van der Waals surface area contributed by atoms with Crippen LogP contribution >= 0.6 is 0 Å².